The molecule has 25 nitrogen and oxygen atoms in total. The zero-order chi connectivity index (χ0) is 64.2. The van der Waals surface area contributed by atoms with Crippen LogP contribution in [-0.4, -0.2) is 148 Å². The van der Waals surface area contributed by atoms with E-state index in [0.717, 1.165) is 22.6 Å². The number of nitrogens with one attached hydrogen (secondary N) is 1. The van der Waals surface area contributed by atoms with Crippen LogP contribution in [0.4, 0.5) is 11.4 Å². The molecular weight excluding hydrogens is 1260 g/mol. The summed E-state index contributed by atoms with van der Waals surface area (Å²) in [5, 5.41) is 2.42. The molecule has 3 heterocycles. The Morgan fingerprint density at radius 3 is 1.74 bits per heavy atom. The average molecular weight is 1320 g/mol. The van der Waals surface area contributed by atoms with Gasteiger partial charge in [0.1, 0.15) is 16.3 Å². The summed E-state index contributed by atoms with van der Waals surface area (Å²) in [5.74, 6) is -2.29. The van der Waals surface area contributed by atoms with Gasteiger partial charge in [-0.25, -0.2) is 0 Å². The van der Waals surface area contributed by atoms with Crippen LogP contribution in [0.5, 0.6) is 0 Å². The van der Waals surface area contributed by atoms with Gasteiger partial charge in [0.2, 0.25) is 23.4 Å². The summed E-state index contributed by atoms with van der Waals surface area (Å²) >= 11 is 0. The maximum atomic E-state index is 12.8. The van der Waals surface area contributed by atoms with Gasteiger partial charge in [-0.15, -0.1) is 0 Å². The topological polar surface area (TPSA) is 399 Å². The number of anilines is 1. The summed E-state index contributed by atoms with van der Waals surface area (Å²) in [6, 6.07) is 16.1. The summed E-state index contributed by atoms with van der Waals surface area (Å²) in [6.07, 6.45) is 8.13. The van der Waals surface area contributed by atoms with E-state index in [2.05, 4.69) is 5.32 Å². The molecule has 1 fully saturated rings. The Hall–Kier alpha value is -6.62. The number of allylic oxidation sites excluding steroid dienone is 6. The Bertz CT molecular complexity index is 4560. The zero-order valence-electron chi connectivity index (χ0n) is 47.2. The predicted molar refractivity (Wildman–Crippen MR) is 321 cm³/mol. The number of likely N-dealkylation sites (tertiary alicyclic amines) is 1. The minimum atomic E-state index is -5.15. The lowest BCUT2D eigenvalue weighted by Crippen LogP contribution is -2.37. The number of rotatable bonds is 24. The second-order valence-electron chi connectivity index (χ2n) is 22.3. The van der Waals surface area contributed by atoms with Crippen LogP contribution in [0.1, 0.15) is 94.9 Å². The number of fused-ring (bicyclic) bond motifs is 6. The highest BCUT2D eigenvalue weighted by Gasteiger charge is 2.47. The molecule has 3 amide bonds. The molecule has 87 heavy (non-hydrogen) atoms. The van der Waals surface area contributed by atoms with E-state index in [4.69, 9.17) is 0 Å². The van der Waals surface area contributed by atoms with Crippen molar-refractivity contribution >= 4 is 123 Å². The summed E-state index contributed by atoms with van der Waals surface area (Å²) in [4.78, 5) is 36.2. The Morgan fingerprint density at radius 1 is 0.609 bits per heavy atom. The minimum absolute atomic E-state index is 0.0266. The molecule has 5 aromatic rings. The second kappa shape index (κ2) is 24.4. The van der Waals surface area contributed by atoms with Gasteiger partial charge in [0.05, 0.1) is 26.7 Å². The highest BCUT2D eigenvalue weighted by Crippen LogP contribution is 2.52. The first kappa shape index (κ1) is 66.3. The van der Waals surface area contributed by atoms with Gasteiger partial charge in [0.15, 0.2) is 5.71 Å². The van der Waals surface area contributed by atoms with Crippen LogP contribution in [0, 0.1) is 0 Å². The van der Waals surface area contributed by atoms with Gasteiger partial charge in [-0.3, -0.25) is 46.6 Å². The standard InChI is InChI=1S/C56H62N4O21S6/c1-55(2)48(58(25-8-28-82(64,65)66)44-18-16-40-42(53(44)55)31-38(84(70,71)72)33-46(40)86(76,77)78)20-14-36(37-12-7-11-35(30-37)10-5-6-13-50(61)57-24-27-60-51(62)22-23-52(60)63)15-21-49-56(3,4)54-43-32-39(85(73,74)75)34-47(87(79,80)81)41(43)17-19-45(54)59(49)26-9-29-83(67,68)69/h7,11-12,14-21,30-34H,5-6,8-10,13,22-29H2,1-4H3,(H6-,57,61,64,65,66,67,68,69,70,71,72,73,74,75,76,77,78,79,80,81)/p+1. The molecule has 0 aliphatic carbocycles. The van der Waals surface area contributed by atoms with E-state index in [1.165, 1.54) is 24.3 Å². The molecule has 0 spiro atoms. The van der Waals surface area contributed by atoms with Gasteiger partial charge in [0, 0.05) is 90.6 Å². The maximum absolute atomic E-state index is 12.8. The molecule has 8 rings (SSSR count). The van der Waals surface area contributed by atoms with Crippen LogP contribution in [0.15, 0.2) is 122 Å². The normalized spacial score (nSPS) is 17.2. The number of amides is 3. The lowest BCUT2D eigenvalue weighted by molar-refractivity contribution is -0.437. The van der Waals surface area contributed by atoms with Crippen molar-refractivity contribution in [1.29, 1.82) is 0 Å². The second-order valence-corrected chi connectivity index (χ2v) is 31.0. The summed E-state index contributed by atoms with van der Waals surface area (Å²) in [7, 11) is -29.6. The van der Waals surface area contributed by atoms with E-state index in [1.807, 2.05) is 12.1 Å². The molecule has 0 radical (unpaired) electrons. The van der Waals surface area contributed by atoms with Gasteiger partial charge in [-0.2, -0.15) is 55.1 Å². The number of nitrogens with zero attached hydrogens (tertiary/aromatic N) is 3. The van der Waals surface area contributed by atoms with Crippen molar-refractivity contribution in [3.8, 4) is 0 Å². The Balaban J connectivity index is 1.28. The summed E-state index contributed by atoms with van der Waals surface area (Å²) in [6.45, 7) is 6.74. The fourth-order valence-corrected chi connectivity index (χ4v) is 15.3. The average Bonchev–Trinajstić information content (AvgIpc) is 1.62. The van der Waals surface area contributed by atoms with E-state index in [-0.39, 0.29) is 109 Å². The number of carbonyl (C=O) groups is 3. The lowest BCUT2D eigenvalue weighted by Gasteiger charge is -2.27. The molecule has 0 saturated carbocycles. The highest BCUT2D eigenvalue weighted by molar-refractivity contribution is 7.87. The highest BCUT2D eigenvalue weighted by atomic mass is 32.2. The quantitative estimate of drug-likeness (QED) is 0.0119. The molecule has 468 valence electrons. The molecule has 0 atom stereocenters. The first-order valence-corrected chi connectivity index (χ1v) is 35.9. The van der Waals surface area contributed by atoms with Crippen LogP contribution in [0.2, 0.25) is 0 Å². The van der Waals surface area contributed by atoms with Gasteiger partial charge >= 0.3 is 0 Å². The third-order valence-electron chi connectivity index (χ3n) is 15.5. The first-order chi connectivity index (χ1) is 40.2. The predicted octanol–water partition coefficient (Wildman–Crippen LogP) is 6.21. The number of unbranched alkanes of at least 4 members (excludes halogenated alkanes) is 1. The van der Waals surface area contributed by atoms with Crippen LogP contribution < -0.4 is 10.2 Å². The molecular formula is C56H63N4O21S6+. The molecule has 5 aromatic carbocycles. The van der Waals surface area contributed by atoms with Gasteiger partial charge < -0.3 is 10.2 Å². The van der Waals surface area contributed by atoms with Gasteiger partial charge in [-0.1, -0.05) is 50.3 Å². The SMILES string of the molecule is CC1(C)C(/C=C/C(=C/C=C2/N(CCCS(=O)(=O)O)c3ccc4c(S(=O)(=O)O)cc(S(=O)(=O)O)cc4c3C2(C)C)c2cccc(CCCCC(=O)NCCN3C(=O)CCC3=O)c2)=[N+](CCCS(=O)(=O)O)c2ccc3c(S(=O)(=O)O)cc(S(=O)(=O)O)cc3c21. The van der Waals surface area contributed by atoms with E-state index in [1.54, 1.807) is 73.6 Å². The number of hydrogen-bond donors (Lipinski definition) is 7. The van der Waals surface area contributed by atoms with E-state index in [0.29, 0.717) is 65.3 Å². The first-order valence-electron chi connectivity index (χ1n) is 26.9. The molecule has 31 heteroatoms. The fourth-order valence-electron chi connectivity index (χ4n) is 11.7. The number of benzene rings is 5. The molecule has 0 bridgehead atoms. The maximum Gasteiger partial charge on any atom is 0.295 e. The van der Waals surface area contributed by atoms with Crippen molar-refractivity contribution in [2.45, 2.75) is 109 Å². The summed E-state index contributed by atoms with van der Waals surface area (Å²) in [5.41, 5.74) is 1.25. The smallest absolute Gasteiger partial charge is 0.295 e. The van der Waals surface area contributed by atoms with Crippen molar-refractivity contribution < 1.29 is 96.8 Å². The Labute approximate surface area is 503 Å². The van der Waals surface area contributed by atoms with Crippen LogP contribution >= 0.6 is 0 Å². The van der Waals surface area contributed by atoms with Crippen LogP contribution in [-0.2, 0) is 92.3 Å². The van der Waals surface area contributed by atoms with Crippen molar-refractivity contribution in [1.82, 2.24) is 10.2 Å². The third kappa shape index (κ3) is 14.8. The minimum Gasteiger partial charge on any atom is -0.354 e. The lowest BCUT2D eigenvalue weighted by atomic mass is 9.78. The molecule has 3 aliphatic rings. The van der Waals surface area contributed by atoms with Crippen molar-refractivity contribution in [2.75, 3.05) is 42.6 Å². The fraction of sp³-hybridized carbons (Fsp3) is 0.357. The Kier molecular flexibility index (Phi) is 18.6. The van der Waals surface area contributed by atoms with Crippen molar-refractivity contribution in [3.05, 3.63) is 125 Å². The molecule has 7 N–H and O–H groups in total. The monoisotopic (exact) mass is 1320 g/mol. The van der Waals surface area contributed by atoms with Gasteiger partial charge in [-0.05, 0) is 121 Å². The molecule has 3 aliphatic heterocycles. The van der Waals surface area contributed by atoms with E-state index >= 15 is 0 Å². The van der Waals surface area contributed by atoms with Crippen LogP contribution in [0.3, 0.4) is 0 Å². The number of imide groups is 1. The van der Waals surface area contributed by atoms with Crippen molar-refractivity contribution in [2.24, 2.45) is 0 Å². The molecule has 1 saturated heterocycles. The van der Waals surface area contributed by atoms with E-state index in [9.17, 15) is 92.2 Å². The molecule has 0 unspecified atom stereocenters. The number of hydrogen-bond acceptors (Lipinski definition) is 16. The van der Waals surface area contributed by atoms with Crippen LogP contribution in [0.25, 0.3) is 27.1 Å². The number of carbonyl (C=O) groups excluding carboxylic acids is 3. The Morgan fingerprint density at radius 2 is 1.17 bits per heavy atom. The molecule has 0 aromatic heterocycles. The summed E-state index contributed by atoms with van der Waals surface area (Å²) < 4.78 is 213. The van der Waals surface area contributed by atoms with E-state index < -0.39 is 103 Å². The largest absolute Gasteiger partial charge is 0.354 e. The third-order valence-corrected chi connectivity index (χ3v) is 20.6. The number of aryl methyl sites for hydroxylation is 1. The van der Waals surface area contributed by atoms with Crippen molar-refractivity contribution in [3.63, 3.8) is 0 Å². The zero-order valence-corrected chi connectivity index (χ0v) is 52.1. The van der Waals surface area contributed by atoms with Gasteiger partial charge in [0.25, 0.3) is 60.7 Å².